The van der Waals surface area contributed by atoms with E-state index in [0.29, 0.717) is 13.1 Å². The maximum absolute atomic E-state index is 13.1. The third-order valence-corrected chi connectivity index (χ3v) is 6.15. The zero-order valence-corrected chi connectivity index (χ0v) is 17.7. The van der Waals surface area contributed by atoms with Crippen molar-refractivity contribution >= 4 is 17.7 Å². The summed E-state index contributed by atoms with van der Waals surface area (Å²) >= 11 is 1.78. The molecule has 6 heteroatoms. The van der Waals surface area contributed by atoms with Crippen molar-refractivity contribution < 1.29 is 4.79 Å². The zero-order valence-electron chi connectivity index (χ0n) is 16.8. The fraction of sp³-hybridized carbons (Fsp3) is 0.304. The molecular formula is C23H26N4OS. The molecule has 2 heterocycles. The molecule has 0 radical (unpaired) electrons. The number of rotatable bonds is 7. The number of nitrogens with two attached hydrogens (primary N) is 1. The van der Waals surface area contributed by atoms with Gasteiger partial charge in [-0.3, -0.25) is 9.48 Å². The van der Waals surface area contributed by atoms with E-state index < -0.39 is 0 Å². The van der Waals surface area contributed by atoms with Gasteiger partial charge in [-0.15, -0.1) is 0 Å². The van der Waals surface area contributed by atoms with E-state index in [1.165, 1.54) is 11.1 Å². The largest absolute Gasteiger partial charge is 0.330 e. The molecule has 0 aliphatic carbocycles. The molecule has 0 saturated heterocycles. The minimum absolute atomic E-state index is 0.00972. The number of carbonyl (C=O) groups excluding carboxylic acids is 1. The smallest absolute Gasteiger partial charge is 0.254 e. The first-order valence-electron chi connectivity index (χ1n) is 9.80. The zero-order chi connectivity index (χ0) is 20.4. The molecule has 1 aliphatic heterocycles. The van der Waals surface area contributed by atoms with E-state index in [0.717, 1.165) is 34.6 Å². The number of carbonyl (C=O) groups is 1. The minimum Gasteiger partial charge on any atom is -0.330 e. The lowest BCUT2D eigenvalue weighted by atomic mass is 10.0. The van der Waals surface area contributed by atoms with E-state index in [2.05, 4.69) is 29.6 Å². The Kier molecular flexibility index (Phi) is 5.74. The van der Waals surface area contributed by atoms with Crippen LogP contribution in [0, 0.1) is 0 Å². The third-order valence-electron chi connectivity index (χ3n) is 5.55. The molecule has 1 amide bonds. The molecule has 1 aromatic heterocycles. The van der Waals surface area contributed by atoms with Crippen molar-refractivity contribution in [3.8, 4) is 11.3 Å². The highest BCUT2D eigenvalue weighted by Gasteiger charge is 2.32. The molecule has 2 aromatic carbocycles. The Hall–Kier alpha value is -2.57. The summed E-state index contributed by atoms with van der Waals surface area (Å²) in [5, 5.41) is 4.43. The van der Waals surface area contributed by atoms with Crippen LogP contribution in [0.5, 0.6) is 0 Å². The molecule has 150 valence electrons. The minimum atomic E-state index is -0.00972. The van der Waals surface area contributed by atoms with Crippen molar-refractivity contribution in [1.82, 2.24) is 14.7 Å². The van der Waals surface area contributed by atoms with Gasteiger partial charge in [-0.25, -0.2) is 0 Å². The van der Waals surface area contributed by atoms with E-state index >= 15 is 0 Å². The molecule has 0 fully saturated rings. The van der Waals surface area contributed by atoms with Crippen molar-refractivity contribution in [2.45, 2.75) is 24.8 Å². The van der Waals surface area contributed by atoms with Crippen LogP contribution in [0.3, 0.4) is 0 Å². The van der Waals surface area contributed by atoms with Crippen molar-refractivity contribution in [3.05, 3.63) is 77.0 Å². The number of thioether (sulfide) groups is 1. The Morgan fingerprint density at radius 2 is 2.00 bits per heavy atom. The summed E-state index contributed by atoms with van der Waals surface area (Å²) in [5.41, 5.74) is 12.6. The number of amides is 1. The van der Waals surface area contributed by atoms with Crippen molar-refractivity contribution in [2.75, 3.05) is 12.8 Å². The normalized spacial score (nSPS) is 14.3. The van der Waals surface area contributed by atoms with Gasteiger partial charge < -0.3 is 10.6 Å². The molecule has 1 aliphatic rings. The number of fused-ring (bicyclic) bond motifs is 1. The van der Waals surface area contributed by atoms with E-state index in [1.54, 1.807) is 11.8 Å². The highest BCUT2D eigenvalue weighted by atomic mass is 32.2. The molecule has 1 atom stereocenters. The first-order chi connectivity index (χ1) is 14.1. The number of hydrogen-bond acceptors (Lipinski definition) is 4. The van der Waals surface area contributed by atoms with Gasteiger partial charge in [-0.2, -0.15) is 16.9 Å². The molecule has 3 aromatic rings. The highest BCUT2D eigenvalue weighted by molar-refractivity contribution is 7.97. The lowest BCUT2D eigenvalue weighted by Gasteiger charge is -2.26. The van der Waals surface area contributed by atoms with Crippen LogP contribution in [-0.2, 0) is 25.8 Å². The highest BCUT2D eigenvalue weighted by Crippen LogP contribution is 2.32. The summed E-state index contributed by atoms with van der Waals surface area (Å²) in [4.78, 5) is 15.0. The van der Waals surface area contributed by atoms with Gasteiger partial charge in [-0.1, -0.05) is 36.4 Å². The van der Waals surface area contributed by atoms with Gasteiger partial charge in [-0.05, 0) is 35.9 Å². The topological polar surface area (TPSA) is 64.2 Å². The van der Waals surface area contributed by atoms with Gasteiger partial charge >= 0.3 is 0 Å². The van der Waals surface area contributed by atoms with Gasteiger partial charge in [0.05, 0.1) is 11.9 Å². The molecule has 0 saturated carbocycles. The Bertz CT molecular complexity index is 1010. The molecular weight excluding hydrogens is 380 g/mol. The molecule has 4 rings (SSSR count). The Morgan fingerprint density at radius 1 is 1.21 bits per heavy atom. The second kappa shape index (κ2) is 8.43. The van der Waals surface area contributed by atoms with Gasteiger partial charge in [0.25, 0.3) is 5.91 Å². The molecule has 29 heavy (non-hydrogen) atoms. The van der Waals surface area contributed by atoms with Crippen molar-refractivity contribution in [2.24, 2.45) is 12.8 Å². The fourth-order valence-electron chi connectivity index (χ4n) is 4.11. The van der Waals surface area contributed by atoms with Crippen LogP contribution in [0.1, 0.15) is 27.0 Å². The number of aromatic nitrogens is 2. The van der Waals surface area contributed by atoms with Crippen LogP contribution in [0.25, 0.3) is 11.3 Å². The number of benzene rings is 2. The summed E-state index contributed by atoms with van der Waals surface area (Å²) in [6.07, 6.45) is 4.79. The van der Waals surface area contributed by atoms with Crippen LogP contribution in [-0.4, -0.2) is 39.4 Å². The van der Waals surface area contributed by atoms with Crippen LogP contribution in [0.2, 0.25) is 0 Å². The van der Waals surface area contributed by atoms with Gasteiger partial charge in [0.15, 0.2) is 0 Å². The Labute approximate surface area is 175 Å². The molecule has 0 bridgehead atoms. The summed E-state index contributed by atoms with van der Waals surface area (Å²) < 4.78 is 1.92. The summed E-state index contributed by atoms with van der Waals surface area (Å²) in [7, 11) is 1.97. The van der Waals surface area contributed by atoms with Crippen LogP contribution in [0.15, 0.2) is 54.7 Å². The molecule has 5 nitrogen and oxygen atoms in total. The average Bonchev–Trinajstić information content (AvgIpc) is 3.26. The molecule has 0 spiro atoms. The predicted molar refractivity (Wildman–Crippen MR) is 119 cm³/mol. The fourth-order valence-corrected chi connectivity index (χ4v) is 4.63. The maximum Gasteiger partial charge on any atom is 0.254 e. The van der Waals surface area contributed by atoms with Gasteiger partial charge in [0, 0.05) is 48.6 Å². The summed E-state index contributed by atoms with van der Waals surface area (Å²) in [5.74, 6) is 0.991. The molecule has 2 N–H and O–H groups in total. The SMILES string of the molecule is CSCc1cnn(C)c1-c1ccc2c(c1)CN(C(CN)Cc1ccccc1)C2=O. The van der Waals surface area contributed by atoms with E-state index in [1.807, 2.05) is 53.2 Å². The predicted octanol–water partition coefficient (Wildman–Crippen LogP) is 3.48. The van der Waals surface area contributed by atoms with Gasteiger partial charge in [0.1, 0.15) is 0 Å². The van der Waals surface area contributed by atoms with E-state index in [9.17, 15) is 4.79 Å². The van der Waals surface area contributed by atoms with Crippen LogP contribution in [0.4, 0.5) is 0 Å². The third kappa shape index (κ3) is 3.82. The first-order valence-corrected chi connectivity index (χ1v) is 11.2. The average molecular weight is 407 g/mol. The molecule has 1 unspecified atom stereocenters. The number of nitrogens with zero attached hydrogens (tertiary/aromatic N) is 3. The Balaban J connectivity index is 1.61. The van der Waals surface area contributed by atoms with E-state index in [4.69, 9.17) is 5.73 Å². The quantitative estimate of drug-likeness (QED) is 0.652. The summed E-state index contributed by atoms with van der Waals surface area (Å²) in [6.45, 7) is 1.05. The lowest BCUT2D eigenvalue weighted by molar-refractivity contribution is 0.0708. The first kappa shape index (κ1) is 19.7. The van der Waals surface area contributed by atoms with Crippen LogP contribution >= 0.6 is 11.8 Å². The summed E-state index contributed by atoms with van der Waals surface area (Å²) in [6, 6.07) is 16.4. The Morgan fingerprint density at radius 3 is 2.72 bits per heavy atom. The van der Waals surface area contributed by atoms with E-state index in [-0.39, 0.29) is 11.9 Å². The van der Waals surface area contributed by atoms with Crippen LogP contribution < -0.4 is 5.73 Å². The second-order valence-electron chi connectivity index (χ2n) is 7.46. The van der Waals surface area contributed by atoms with Crippen molar-refractivity contribution in [3.63, 3.8) is 0 Å². The standard InChI is InChI=1S/C23H26N4OS/c1-26-22(19(13-25-26)15-29-2)17-8-9-21-18(11-17)14-27(23(21)28)20(12-24)10-16-6-4-3-5-7-16/h3-9,11,13,20H,10,12,14-15,24H2,1-2H3. The lowest BCUT2D eigenvalue weighted by Crippen LogP contribution is -2.42. The van der Waals surface area contributed by atoms with Gasteiger partial charge in [0.2, 0.25) is 0 Å². The number of hydrogen-bond donors (Lipinski definition) is 1. The number of aryl methyl sites for hydroxylation is 1. The second-order valence-corrected chi connectivity index (χ2v) is 8.33. The monoisotopic (exact) mass is 406 g/mol. The maximum atomic E-state index is 13.1. The van der Waals surface area contributed by atoms with Crippen molar-refractivity contribution in [1.29, 1.82) is 0 Å².